The smallest absolute Gasteiger partial charge is 0.0136 e. The van der Waals surface area contributed by atoms with Crippen molar-refractivity contribution in [3.05, 3.63) is 35.9 Å². The summed E-state index contributed by atoms with van der Waals surface area (Å²) in [6, 6.07) is 11.7. The molecule has 1 fully saturated rings. The van der Waals surface area contributed by atoms with E-state index >= 15 is 0 Å². The molecule has 2 rings (SSSR count). The van der Waals surface area contributed by atoms with E-state index in [9.17, 15) is 0 Å². The number of benzene rings is 1. The molecule has 0 radical (unpaired) electrons. The van der Waals surface area contributed by atoms with Crippen LogP contribution in [0.3, 0.4) is 0 Å². The summed E-state index contributed by atoms with van der Waals surface area (Å²) in [6.07, 6.45) is 6.71. The SMILES string of the molecule is CCCN1CCCC[C@H]1Cc1ccccc1. The minimum absolute atomic E-state index is 0.788. The summed E-state index contributed by atoms with van der Waals surface area (Å²) in [5, 5.41) is 0. The van der Waals surface area contributed by atoms with Crippen LogP contribution in [0.1, 0.15) is 38.2 Å². The predicted octanol–water partition coefficient (Wildman–Crippen LogP) is 3.49. The van der Waals surface area contributed by atoms with Crippen LogP contribution in [0, 0.1) is 0 Å². The van der Waals surface area contributed by atoms with E-state index in [0.717, 1.165) is 6.04 Å². The van der Waals surface area contributed by atoms with Gasteiger partial charge in [0.25, 0.3) is 0 Å². The Hall–Kier alpha value is -0.820. The van der Waals surface area contributed by atoms with Crippen LogP contribution in [0.2, 0.25) is 0 Å². The standard InChI is InChI=1S/C15H23N/c1-2-11-16-12-7-6-10-15(16)13-14-8-4-3-5-9-14/h3-5,8-9,15H,2,6-7,10-13H2,1H3/t15-/m0/s1. The molecule has 1 atom stereocenters. The van der Waals surface area contributed by atoms with E-state index < -0.39 is 0 Å². The Morgan fingerprint density at radius 1 is 1.19 bits per heavy atom. The van der Waals surface area contributed by atoms with Crippen LogP contribution in [0.25, 0.3) is 0 Å². The highest BCUT2D eigenvalue weighted by atomic mass is 15.2. The number of likely N-dealkylation sites (tertiary alicyclic amines) is 1. The van der Waals surface area contributed by atoms with Crippen molar-refractivity contribution in [3.63, 3.8) is 0 Å². The van der Waals surface area contributed by atoms with Crippen LogP contribution in [0.5, 0.6) is 0 Å². The van der Waals surface area contributed by atoms with Gasteiger partial charge >= 0.3 is 0 Å². The second-order valence-corrected chi connectivity index (χ2v) is 4.88. The maximum Gasteiger partial charge on any atom is 0.0136 e. The molecule has 0 aliphatic carbocycles. The lowest BCUT2D eigenvalue weighted by molar-refractivity contribution is 0.147. The van der Waals surface area contributed by atoms with E-state index in [1.165, 1.54) is 50.8 Å². The predicted molar refractivity (Wildman–Crippen MR) is 69.6 cm³/mol. The highest BCUT2D eigenvalue weighted by Crippen LogP contribution is 2.20. The Kier molecular flexibility index (Phi) is 4.41. The Morgan fingerprint density at radius 3 is 2.75 bits per heavy atom. The topological polar surface area (TPSA) is 3.24 Å². The number of piperidine rings is 1. The molecular formula is C15H23N. The summed E-state index contributed by atoms with van der Waals surface area (Å²) in [6.45, 7) is 4.87. The third kappa shape index (κ3) is 3.08. The fourth-order valence-corrected chi connectivity index (χ4v) is 2.76. The first-order valence-corrected chi connectivity index (χ1v) is 6.68. The van der Waals surface area contributed by atoms with Crippen LogP contribution in [0.4, 0.5) is 0 Å². The van der Waals surface area contributed by atoms with Gasteiger partial charge in [-0.1, -0.05) is 43.7 Å². The van der Waals surface area contributed by atoms with Crippen molar-refractivity contribution in [2.75, 3.05) is 13.1 Å². The van der Waals surface area contributed by atoms with Gasteiger partial charge in [-0.15, -0.1) is 0 Å². The molecule has 0 bridgehead atoms. The van der Waals surface area contributed by atoms with Crippen LogP contribution in [-0.4, -0.2) is 24.0 Å². The summed E-state index contributed by atoms with van der Waals surface area (Å²) >= 11 is 0. The third-order valence-corrected chi connectivity index (χ3v) is 3.57. The van der Waals surface area contributed by atoms with Crippen molar-refractivity contribution < 1.29 is 0 Å². The van der Waals surface area contributed by atoms with Gasteiger partial charge in [-0.05, 0) is 44.3 Å². The molecule has 1 nitrogen and oxygen atoms in total. The minimum atomic E-state index is 0.788. The third-order valence-electron chi connectivity index (χ3n) is 3.57. The summed E-state index contributed by atoms with van der Waals surface area (Å²) in [5.74, 6) is 0. The molecule has 1 aromatic rings. The molecule has 0 spiro atoms. The van der Waals surface area contributed by atoms with Crippen LogP contribution in [0.15, 0.2) is 30.3 Å². The zero-order valence-electron chi connectivity index (χ0n) is 10.4. The van der Waals surface area contributed by atoms with E-state index in [1.807, 2.05) is 0 Å². The van der Waals surface area contributed by atoms with Gasteiger partial charge in [0.2, 0.25) is 0 Å². The van der Waals surface area contributed by atoms with Crippen molar-refractivity contribution in [2.45, 2.75) is 45.1 Å². The fraction of sp³-hybridized carbons (Fsp3) is 0.600. The minimum Gasteiger partial charge on any atom is -0.300 e. The molecule has 1 aliphatic rings. The first kappa shape index (κ1) is 11.7. The summed E-state index contributed by atoms with van der Waals surface area (Å²) < 4.78 is 0. The fourth-order valence-electron chi connectivity index (χ4n) is 2.76. The van der Waals surface area contributed by atoms with E-state index in [1.54, 1.807) is 0 Å². The highest BCUT2D eigenvalue weighted by Gasteiger charge is 2.21. The molecule has 0 unspecified atom stereocenters. The molecule has 88 valence electrons. The highest BCUT2D eigenvalue weighted by molar-refractivity contribution is 5.16. The van der Waals surface area contributed by atoms with Gasteiger partial charge in [0.05, 0.1) is 0 Å². The molecule has 1 saturated heterocycles. The zero-order valence-corrected chi connectivity index (χ0v) is 10.4. The number of hydrogen-bond donors (Lipinski definition) is 0. The van der Waals surface area contributed by atoms with Gasteiger partial charge in [0.1, 0.15) is 0 Å². The number of nitrogens with zero attached hydrogens (tertiary/aromatic N) is 1. The van der Waals surface area contributed by atoms with Gasteiger partial charge < -0.3 is 4.90 Å². The quantitative estimate of drug-likeness (QED) is 0.746. The molecule has 1 heterocycles. The number of rotatable bonds is 4. The van der Waals surface area contributed by atoms with Crippen molar-refractivity contribution >= 4 is 0 Å². The Balaban J connectivity index is 1.96. The monoisotopic (exact) mass is 217 g/mol. The maximum atomic E-state index is 2.69. The molecule has 1 heteroatoms. The van der Waals surface area contributed by atoms with E-state index in [2.05, 4.69) is 42.2 Å². The Bertz CT molecular complexity index is 292. The van der Waals surface area contributed by atoms with Gasteiger partial charge in [0, 0.05) is 6.04 Å². The zero-order chi connectivity index (χ0) is 11.2. The Morgan fingerprint density at radius 2 is 2.00 bits per heavy atom. The molecule has 0 saturated carbocycles. The maximum absolute atomic E-state index is 2.69. The van der Waals surface area contributed by atoms with Crippen molar-refractivity contribution in [3.8, 4) is 0 Å². The van der Waals surface area contributed by atoms with Crippen molar-refractivity contribution in [1.82, 2.24) is 4.90 Å². The summed E-state index contributed by atoms with van der Waals surface area (Å²) in [7, 11) is 0. The van der Waals surface area contributed by atoms with E-state index in [-0.39, 0.29) is 0 Å². The lowest BCUT2D eigenvalue weighted by Gasteiger charge is -2.35. The normalized spacial score (nSPS) is 22.2. The lowest BCUT2D eigenvalue weighted by Crippen LogP contribution is -2.41. The lowest BCUT2D eigenvalue weighted by atomic mass is 9.95. The van der Waals surface area contributed by atoms with Crippen LogP contribution >= 0.6 is 0 Å². The Labute approximate surface area is 99.5 Å². The second kappa shape index (κ2) is 6.05. The van der Waals surface area contributed by atoms with Crippen LogP contribution < -0.4 is 0 Å². The van der Waals surface area contributed by atoms with E-state index in [0.29, 0.717) is 0 Å². The van der Waals surface area contributed by atoms with Crippen LogP contribution in [-0.2, 0) is 6.42 Å². The summed E-state index contributed by atoms with van der Waals surface area (Å²) in [4.78, 5) is 2.69. The van der Waals surface area contributed by atoms with Crippen molar-refractivity contribution in [2.24, 2.45) is 0 Å². The first-order chi connectivity index (χ1) is 7.90. The first-order valence-electron chi connectivity index (χ1n) is 6.68. The average Bonchev–Trinajstić information content (AvgIpc) is 2.33. The molecule has 1 aliphatic heterocycles. The summed E-state index contributed by atoms with van der Waals surface area (Å²) in [5.41, 5.74) is 1.50. The van der Waals surface area contributed by atoms with Gasteiger partial charge in [-0.3, -0.25) is 0 Å². The van der Waals surface area contributed by atoms with Gasteiger partial charge in [-0.2, -0.15) is 0 Å². The van der Waals surface area contributed by atoms with E-state index in [4.69, 9.17) is 0 Å². The van der Waals surface area contributed by atoms with Gasteiger partial charge in [0.15, 0.2) is 0 Å². The molecule has 16 heavy (non-hydrogen) atoms. The molecular weight excluding hydrogens is 194 g/mol. The average molecular weight is 217 g/mol. The van der Waals surface area contributed by atoms with Crippen molar-refractivity contribution in [1.29, 1.82) is 0 Å². The van der Waals surface area contributed by atoms with Gasteiger partial charge in [-0.25, -0.2) is 0 Å². The number of hydrogen-bond acceptors (Lipinski definition) is 1. The largest absolute Gasteiger partial charge is 0.300 e. The second-order valence-electron chi connectivity index (χ2n) is 4.88. The molecule has 1 aromatic carbocycles. The molecule has 0 amide bonds. The molecule has 0 aromatic heterocycles. The molecule has 0 N–H and O–H groups in total.